The summed E-state index contributed by atoms with van der Waals surface area (Å²) in [5.41, 5.74) is 0. The molecule has 0 heterocycles. The highest BCUT2D eigenvalue weighted by Crippen LogP contribution is 1.76. The van der Waals surface area contributed by atoms with Crippen LogP contribution in [-0.4, -0.2) is 28.9 Å². The lowest BCUT2D eigenvalue weighted by Gasteiger charge is -1.86. The molecular weight excluding hydrogens is 160 g/mol. The fourth-order valence-corrected chi connectivity index (χ4v) is 0.187. The fraction of sp³-hybridized carbons (Fsp3) is 0.625. The third-order valence-corrected chi connectivity index (χ3v) is 0.436. The molecule has 0 aromatic carbocycles. The summed E-state index contributed by atoms with van der Waals surface area (Å²) in [5.74, 6) is -0.380. The Morgan fingerprint density at radius 2 is 2.00 bits per heavy atom. The molecule has 72 valence electrons. The van der Waals surface area contributed by atoms with Crippen molar-refractivity contribution in [3.63, 3.8) is 0 Å². The molecule has 0 unspecified atom stereocenters. The van der Waals surface area contributed by atoms with E-state index in [-0.39, 0.29) is 18.7 Å². The molecule has 0 atom stereocenters. The molecule has 4 heteroatoms. The molecule has 0 bridgehead atoms. The minimum atomic E-state index is -0.380. The van der Waals surface area contributed by atoms with Gasteiger partial charge in [0.2, 0.25) is 0 Å². The first-order valence-corrected chi connectivity index (χ1v) is 3.61. The summed E-state index contributed by atoms with van der Waals surface area (Å²) in [6.07, 6.45) is 2.32. The summed E-state index contributed by atoms with van der Waals surface area (Å²) < 4.78 is 4.30. The van der Waals surface area contributed by atoms with Gasteiger partial charge < -0.3 is 14.9 Å². The van der Waals surface area contributed by atoms with Crippen LogP contribution in [0.25, 0.3) is 0 Å². The molecule has 2 N–H and O–H groups in total. The molecule has 4 nitrogen and oxygen atoms in total. The Hall–Kier alpha value is -0.870. The van der Waals surface area contributed by atoms with Gasteiger partial charge in [0.05, 0.1) is 12.9 Å². The molecule has 0 aliphatic rings. The lowest BCUT2D eigenvalue weighted by Crippen LogP contribution is -1.89. The maximum atomic E-state index is 9.96. The number of hydrogen-bond acceptors (Lipinski definition) is 4. The molecule has 0 spiro atoms. The Balaban J connectivity index is 0. The largest absolute Gasteiger partial charge is 0.435 e. The van der Waals surface area contributed by atoms with E-state index in [2.05, 4.69) is 4.74 Å². The molecule has 0 radical (unpaired) electrons. The quantitative estimate of drug-likeness (QED) is 0.473. The summed E-state index contributed by atoms with van der Waals surface area (Å²) in [4.78, 5) is 9.96. The first-order valence-electron chi connectivity index (χ1n) is 3.61. The second kappa shape index (κ2) is 10.1. The highest BCUT2D eigenvalue weighted by Gasteiger charge is 1.81. The Morgan fingerprint density at radius 3 is 2.25 bits per heavy atom. The van der Waals surface area contributed by atoms with E-state index in [4.69, 9.17) is 10.2 Å². The van der Waals surface area contributed by atoms with Crippen LogP contribution in [0.1, 0.15) is 20.8 Å². The third kappa shape index (κ3) is 35.4. The summed E-state index contributed by atoms with van der Waals surface area (Å²) in [7, 11) is 0. The zero-order chi connectivity index (χ0) is 9.98. The van der Waals surface area contributed by atoms with Gasteiger partial charge in [-0.1, -0.05) is 0 Å². The predicted molar refractivity (Wildman–Crippen MR) is 45.3 cm³/mol. The Labute approximate surface area is 72.5 Å². The number of rotatable bonds is 2. The minimum Gasteiger partial charge on any atom is -0.435 e. The lowest BCUT2D eigenvalue weighted by atomic mass is 10.5. The molecule has 0 aromatic rings. The number of hydrogen-bond donors (Lipinski definition) is 2. The summed E-state index contributed by atoms with van der Waals surface area (Å²) in [5, 5.41) is 16.2. The minimum absolute atomic E-state index is 0.104. The molecule has 0 aromatic heterocycles. The molecule has 0 saturated heterocycles. The number of esters is 1. The van der Waals surface area contributed by atoms with E-state index in [0.29, 0.717) is 0 Å². The molecule has 0 aliphatic heterocycles. The fourth-order valence-electron chi connectivity index (χ4n) is 0.187. The van der Waals surface area contributed by atoms with Crippen molar-refractivity contribution in [1.82, 2.24) is 0 Å². The maximum absolute atomic E-state index is 9.96. The smallest absolute Gasteiger partial charge is 0.307 e. The van der Waals surface area contributed by atoms with E-state index < -0.39 is 0 Å². The van der Waals surface area contributed by atoms with Crippen LogP contribution in [0.4, 0.5) is 0 Å². The average Bonchev–Trinajstić information content (AvgIpc) is 1.86. The van der Waals surface area contributed by atoms with E-state index in [0.717, 1.165) is 6.26 Å². The molecule has 0 saturated carbocycles. The topological polar surface area (TPSA) is 66.8 Å². The third-order valence-electron chi connectivity index (χ3n) is 0.436. The highest BCUT2D eigenvalue weighted by atomic mass is 16.5. The molecule has 0 rings (SSSR count). The van der Waals surface area contributed by atoms with Crippen molar-refractivity contribution >= 4 is 5.97 Å². The van der Waals surface area contributed by atoms with Crippen LogP contribution in [0.5, 0.6) is 0 Å². The van der Waals surface area contributed by atoms with E-state index >= 15 is 0 Å². The summed E-state index contributed by atoms with van der Waals surface area (Å²) in [6, 6.07) is 0. The molecule has 0 amide bonds. The van der Waals surface area contributed by atoms with Gasteiger partial charge in [-0.3, -0.25) is 4.79 Å². The van der Waals surface area contributed by atoms with Gasteiger partial charge in [0.1, 0.15) is 0 Å². The number of carbonyl (C=O) groups excluding carboxylic acids is 1. The molecular formula is C8H16O4. The number of ether oxygens (including phenoxy) is 1. The van der Waals surface area contributed by atoms with Crippen LogP contribution < -0.4 is 0 Å². The van der Waals surface area contributed by atoms with E-state index in [1.54, 1.807) is 13.8 Å². The second-order valence-corrected chi connectivity index (χ2v) is 2.26. The second-order valence-electron chi connectivity index (χ2n) is 2.26. The monoisotopic (exact) mass is 176 g/mol. The van der Waals surface area contributed by atoms with Crippen LogP contribution in [0.2, 0.25) is 0 Å². The van der Waals surface area contributed by atoms with Crippen molar-refractivity contribution in [2.24, 2.45) is 0 Å². The van der Waals surface area contributed by atoms with Crippen LogP contribution in [-0.2, 0) is 9.53 Å². The van der Waals surface area contributed by atoms with Gasteiger partial charge in [-0.05, 0) is 19.9 Å². The average molecular weight is 176 g/mol. The molecule has 0 fully saturated rings. The lowest BCUT2D eigenvalue weighted by molar-refractivity contribution is -0.135. The van der Waals surface area contributed by atoms with Crippen molar-refractivity contribution in [3.8, 4) is 0 Å². The van der Waals surface area contributed by atoms with Gasteiger partial charge in [0.25, 0.3) is 0 Å². The van der Waals surface area contributed by atoms with Gasteiger partial charge >= 0.3 is 5.97 Å². The SMILES string of the molecule is CC(=O)OC=CCO.CC(C)O. The van der Waals surface area contributed by atoms with Gasteiger partial charge in [0.15, 0.2) is 0 Å². The standard InChI is InChI=1S/C5H8O3.C3H8O/c1-5(7)8-4-2-3-6;1-3(2)4/h2,4,6H,3H2,1H3;3-4H,1-2H3. The van der Waals surface area contributed by atoms with Gasteiger partial charge in [0, 0.05) is 13.0 Å². The number of carbonyl (C=O) groups is 1. The molecule has 0 aliphatic carbocycles. The van der Waals surface area contributed by atoms with Crippen LogP contribution in [0, 0.1) is 0 Å². The van der Waals surface area contributed by atoms with Crippen molar-refractivity contribution in [1.29, 1.82) is 0 Å². The maximum Gasteiger partial charge on any atom is 0.307 e. The van der Waals surface area contributed by atoms with E-state index in [1.165, 1.54) is 13.0 Å². The first kappa shape index (κ1) is 13.7. The normalized spacial score (nSPS) is 9.50. The first-order chi connectivity index (χ1) is 5.50. The number of aliphatic hydroxyl groups excluding tert-OH is 2. The van der Waals surface area contributed by atoms with Gasteiger partial charge in [-0.2, -0.15) is 0 Å². The van der Waals surface area contributed by atoms with Crippen molar-refractivity contribution in [2.45, 2.75) is 26.9 Å². The van der Waals surface area contributed by atoms with E-state index in [9.17, 15) is 4.79 Å². The van der Waals surface area contributed by atoms with Gasteiger partial charge in [-0.15, -0.1) is 0 Å². The number of aliphatic hydroxyl groups is 2. The van der Waals surface area contributed by atoms with Crippen molar-refractivity contribution < 1.29 is 19.7 Å². The van der Waals surface area contributed by atoms with Crippen LogP contribution >= 0.6 is 0 Å². The van der Waals surface area contributed by atoms with E-state index in [1.807, 2.05) is 0 Å². The van der Waals surface area contributed by atoms with Gasteiger partial charge in [-0.25, -0.2) is 0 Å². The Morgan fingerprint density at radius 1 is 1.58 bits per heavy atom. The predicted octanol–water partition coefficient (Wildman–Crippen LogP) is 0.443. The Kier molecular flexibility index (Phi) is 11.6. The van der Waals surface area contributed by atoms with Crippen molar-refractivity contribution in [3.05, 3.63) is 12.3 Å². The zero-order valence-corrected chi connectivity index (χ0v) is 7.65. The zero-order valence-electron chi connectivity index (χ0n) is 7.65. The van der Waals surface area contributed by atoms with Crippen LogP contribution in [0.15, 0.2) is 12.3 Å². The molecule has 12 heavy (non-hydrogen) atoms. The van der Waals surface area contributed by atoms with Crippen LogP contribution in [0.3, 0.4) is 0 Å². The van der Waals surface area contributed by atoms with Crippen molar-refractivity contribution in [2.75, 3.05) is 6.61 Å². The Bertz CT molecular complexity index is 126. The summed E-state index contributed by atoms with van der Waals surface area (Å²) >= 11 is 0. The highest BCUT2D eigenvalue weighted by molar-refractivity contribution is 5.66. The summed E-state index contributed by atoms with van der Waals surface area (Å²) in [6.45, 7) is 4.63.